The molecule has 2 rings (SSSR count). The van der Waals surface area contributed by atoms with Gasteiger partial charge in [-0.15, -0.1) is 0 Å². The van der Waals surface area contributed by atoms with Gasteiger partial charge in [0, 0.05) is 18.5 Å². The van der Waals surface area contributed by atoms with Gasteiger partial charge in [0.05, 0.1) is 6.61 Å². The van der Waals surface area contributed by atoms with Crippen molar-refractivity contribution in [2.24, 2.45) is 0 Å². The first-order valence-corrected chi connectivity index (χ1v) is 6.63. The van der Waals surface area contributed by atoms with Crippen molar-refractivity contribution >= 4 is 12.0 Å². The summed E-state index contributed by atoms with van der Waals surface area (Å²) < 4.78 is 5.14. The third-order valence-electron chi connectivity index (χ3n) is 2.81. The third-order valence-corrected chi connectivity index (χ3v) is 2.81. The zero-order valence-electron chi connectivity index (χ0n) is 11.2. The fourth-order valence-corrected chi connectivity index (χ4v) is 1.78. The minimum absolute atomic E-state index is 0.302. The molecule has 0 aliphatic rings. The number of rotatable bonds is 6. The molecule has 0 bridgehead atoms. The molecule has 102 valence electrons. The third kappa shape index (κ3) is 5.06. The summed E-state index contributed by atoms with van der Waals surface area (Å²) in [6, 6.07) is 13.6. The van der Waals surface area contributed by atoms with Crippen molar-refractivity contribution in [3.63, 3.8) is 0 Å². The van der Waals surface area contributed by atoms with E-state index in [4.69, 9.17) is 4.74 Å². The minimum Gasteiger partial charge on any atom is -0.463 e. The van der Waals surface area contributed by atoms with Gasteiger partial charge in [0.1, 0.15) is 0 Å². The van der Waals surface area contributed by atoms with E-state index < -0.39 is 0 Å². The maximum absolute atomic E-state index is 11.5. The molecule has 1 heterocycles. The van der Waals surface area contributed by atoms with Crippen LogP contribution in [0.3, 0.4) is 0 Å². The van der Waals surface area contributed by atoms with E-state index in [1.807, 2.05) is 42.5 Å². The molecular weight excluding hydrogens is 250 g/mol. The van der Waals surface area contributed by atoms with Crippen LogP contribution in [0, 0.1) is 0 Å². The first-order valence-electron chi connectivity index (χ1n) is 6.63. The predicted molar refractivity (Wildman–Crippen MR) is 79.0 cm³/mol. The molecule has 2 aromatic rings. The molecule has 3 heteroatoms. The first kappa shape index (κ1) is 14.0. The van der Waals surface area contributed by atoms with E-state index >= 15 is 0 Å². The number of carbonyl (C=O) groups is 1. The lowest BCUT2D eigenvalue weighted by Crippen LogP contribution is -2.03. The minimum atomic E-state index is -0.302. The molecule has 20 heavy (non-hydrogen) atoms. The Balaban J connectivity index is 1.67. The van der Waals surface area contributed by atoms with E-state index in [1.165, 1.54) is 11.6 Å². The first-order chi connectivity index (χ1) is 9.84. The highest BCUT2D eigenvalue weighted by Gasteiger charge is 1.97. The molecule has 0 spiro atoms. The SMILES string of the molecule is O=C(/C=C/c1ccccc1)OCCCc1ccncc1. The van der Waals surface area contributed by atoms with Crippen LogP contribution >= 0.6 is 0 Å². The summed E-state index contributed by atoms with van der Waals surface area (Å²) >= 11 is 0. The molecule has 0 saturated heterocycles. The summed E-state index contributed by atoms with van der Waals surface area (Å²) in [4.78, 5) is 15.5. The highest BCUT2D eigenvalue weighted by molar-refractivity contribution is 5.86. The molecule has 0 aliphatic heterocycles. The van der Waals surface area contributed by atoms with E-state index in [2.05, 4.69) is 4.98 Å². The number of ether oxygens (including phenoxy) is 1. The maximum Gasteiger partial charge on any atom is 0.330 e. The number of pyridine rings is 1. The quantitative estimate of drug-likeness (QED) is 0.458. The Labute approximate surface area is 118 Å². The molecule has 0 amide bonds. The maximum atomic E-state index is 11.5. The van der Waals surface area contributed by atoms with Gasteiger partial charge in [-0.05, 0) is 42.2 Å². The molecule has 1 aromatic heterocycles. The second kappa shape index (κ2) is 7.89. The highest BCUT2D eigenvalue weighted by Crippen LogP contribution is 2.03. The standard InChI is InChI=1S/C17H17NO2/c19-17(9-8-15-5-2-1-3-6-15)20-14-4-7-16-10-12-18-13-11-16/h1-3,5-6,8-13H,4,7,14H2/b9-8+. The molecule has 0 N–H and O–H groups in total. The van der Waals surface area contributed by atoms with Gasteiger partial charge in [0.15, 0.2) is 0 Å². The Bertz CT molecular complexity index is 550. The second-order valence-electron chi connectivity index (χ2n) is 4.37. The van der Waals surface area contributed by atoms with E-state index in [9.17, 15) is 4.79 Å². The van der Waals surface area contributed by atoms with Crippen LogP contribution in [0.15, 0.2) is 60.9 Å². The molecule has 0 saturated carbocycles. The molecule has 0 aliphatic carbocycles. The normalized spacial score (nSPS) is 10.6. The van der Waals surface area contributed by atoms with E-state index in [0.717, 1.165) is 18.4 Å². The monoisotopic (exact) mass is 267 g/mol. The summed E-state index contributed by atoms with van der Waals surface area (Å²) in [5.41, 5.74) is 2.19. The largest absolute Gasteiger partial charge is 0.463 e. The van der Waals surface area contributed by atoms with Crippen LogP contribution in [-0.4, -0.2) is 17.6 Å². The van der Waals surface area contributed by atoms with Crippen LogP contribution in [0.2, 0.25) is 0 Å². The Hall–Kier alpha value is -2.42. The summed E-state index contributed by atoms with van der Waals surface area (Å²) in [6.07, 6.45) is 8.45. The fourth-order valence-electron chi connectivity index (χ4n) is 1.78. The molecule has 0 unspecified atom stereocenters. The number of nitrogens with zero attached hydrogens (tertiary/aromatic N) is 1. The summed E-state index contributed by atoms with van der Waals surface area (Å²) in [6.45, 7) is 0.431. The zero-order valence-corrected chi connectivity index (χ0v) is 11.2. The summed E-state index contributed by atoms with van der Waals surface area (Å²) in [5.74, 6) is -0.302. The number of hydrogen-bond acceptors (Lipinski definition) is 3. The molecule has 1 aromatic carbocycles. The van der Waals surface area contributed by atoms with Gasteiger partial charge in [-0.2, -0.15) is 0 Å². The van der Waals surface area contributed by atoms with Crippen LogP contribution in [0.25, 0.3) is 6.08 Å². The van der Waals surface area contributed by atoms with Gasteiger partial charge < -0.3 is 4.74 Å². The number of carbonyl (C=O) groups excluding carboxylic acids is 1. The number of aromatic nitrogens is 1. The van der Waals surface area contributed by atoms with Gasteiger partial charge in [-0.25, -0.2) is 4.79 Å². The molecular formula is C17H17NO2. The summed E-state index contributed by atoms with van der Waals surface area (Å²) in [5, 5.41) is 0. The molecule has 0 radical (unpaired) electrons. The predicted octanol–water partition coefficient (Wildman–Crippen LogP) is 3.27. The molecule has 3 nitrogen and oxygen atoms in total. The number of hydrogen-bond donors (Lipinski definition) is 0. The number of aryl methyl sites for hydroxylation is 1. The van der Waals surface area contributed by atoms with Gasteiger partial charge in [0.25, 0.3) is 0 Å². The average Bonchev–Trinajstić information content (AvgIpc) is 2.52. The van der Waals surface area contributed by atoms with Crippen molar-refractivity contribution in [1.29, 1.82) is 0 Å². The van der Waals surface area contributed by atoms with Crippen molar-refractivity contribution in [3.05, 3.63) is 72.1 Å². The Morgan fingerprint density at radius 1 is 1.10 bits per heavy atom. The van der Waals surface area contributed by atoms with Crippen LogP contribution in [0.4, 0.5) is 0 Å². The van der Waals surface area contributed by atoms with Crippen molar-refractivity contribution < 1.29 is 9.53 Å². The van der Waals surface area contributed by atoms with Gasteiger partial charge >= 0.3 is 5.97 Å². The summed E-state index contributed by atoms with van der Waals surface area (Å²) in [7, 11) is 0. The van der Waals surface area contributed by atoms with Crippen LogP contribution in [-0.2, 0) is 16.0 Å². The van der Waals surface area contributed by atoms with Crippen molar-refractivity contribution in [2.45, 2.75) is 12.8 Å². The van der Waals surface area contributed by atoms with Crippen molar-refractivity contribution in [1.82, 2.24) is 4.98 Å². The van der Waals surface area contributed by atoms with Gasteiger partial charge in [0.2, 0.25) is 0 Å². The Kier molecular flexibility index (Phi) is 5.53. The number of esters is 1. The fraction of sp³-hybridized carbons (Fsp3) is 0.176. The topological polar surface area (TPSA) is 39.2 Å². The lowest BCUT2D eigenvalue weighted by Gasteiger charge is -2.02. The average molecular weight is 267 g/mol. The van der Waals surface area contributed by atoms with Gasteiger partial charge in [-0.3, -0.25) is 4.98 Å². The smallest absolute Gasteiger partial charge is 0.330 e. The van der Waals surface area contributed by atoms with E-state index in [0.29, 0.717) is 6.61 Å². The second-order valence-corrected chi connectivity index (χ2v) is 4.37. The van der Waals surface area contributed by atoms with Gasteiger partial charge in [-0.1, -0.05) is 30.3 Å². The Morgan fingerprint density at radius 3 is 2.60 bits per heavy atom. The van der Waals surface area contributed by atoms with Crippen molar-refractivity contribution in [3.8, 4) is 0 Å². The Morgan fingerprint density at radius 2 is 1.85 bits per heavy atom. The molecule has 0 fully saturated rings. The highest BCUT2D eigenvalue weighted by atomic mass is 16.5. The van der Waals surface area contributed by atoms with Crippen LogP contribution in [0.1, 0.15) is 17.5 Å². The van der Waals surface area contributed by atoms with Crippen LogP contribution < -0.4 is 0 Å². The van der Waals surface area contributed by atoms with Crippen LogP contribution in [0.5, 0.6) is 0 Å². The number of benzene rings is 1. The molecule has 0 atom stereocenters. The van der Waals surface area contributed by atoms with E-state index in [-0.39, 0.29) is 5.97 Å². The van der Waals surface area contributed by atoms with E-state index in [1.54, 1.807) is 18.5 Å². The lowest BCUT2D eigenvalue weighted by atomic mass is 10.1. The van der Waals surface area contributed by atoms with Crippen molar-refractivity contribution in [2.75, 3.05) is 6.61 Å². The lowest BCUT2D eigenvalue weighted by molar-refractivity contribution is -0.137. The zero-order chi connectivity index (χ0) is 14.0.